The normalized spacial score (nSPS) is 18.0. The van der Waals surface area contributed by atoms with Crippen molar-refractivity contribution in [2.24, 2.45) is 0 Å². The van der Waals surface area contributed by atoms with Crippen LogP contribution in [0.4, 0.5) is 4.39 Å². The highest BCUT2D eigenvalue weighted by atomic mass is 35.5. The van der Waals surface area contributed by atoms with Crippen LogP contribution in [0.3, 0.4) is 0 Å². The number of hydrogen-bond acceptors (Lipinski definition) is 5. The summed E-state index contributed by atoms with van der Waals surface area (Å²) >= 11 is 0. The number of piperazine rings is 1. The van der Waals surface area contributed by atoms with E-state index in [2.05, 4.69) is 53.1 Å². The molecule has 0 aliphatic carbocycles. The maximum Gasteiger partial charge on any atom is 0.173 e. The van der Waals surface area contributed by atoms with Crippen LogP contribution in [-0.2, 0) is 5.54 Å². The molecule has 0 saturated carbocycles. The Labute approximate surface area is 154 Å². The van der Waals surface area contributed by atoms with E-state index in [1.807, 2.05) is 16.8 Å². The van der Waals surface area contributed by atoms with E-state index in [0.29, 0.717) is 11.4 Å². The van der Waals surface area contributed by atoms with E-state index in [1.165, 1.54) is 6.07 Å². The number of nitrogens with zero attached hydrogens (tertiary/aromatic N) is 6. The van der Waals surface area contributed by atoms with E-state index < -0.39 is 0 Å². The second-order valence-electron chi connectivity index (χ2n) is 7.38. The number of halogens is 2. The van der Waals surface area contributed by atoms with Crippen molar-refractivity contribution in [3.63, 3.8) is 0 Å². The van der Waals surface area contributed by atoms with Crippen LogP contribution in [0.2, 0.25) is 0 Å². The Bertz CT molecular complexity index is 690. The summed E-state index contributed by atoms with van der Waals surface area (Å²) in [5.41, 5.74) is 0.358. The Kier molecular flexibility index (Phi) is 6.13. The summed E-state index contributed by atoms with van der Waals surface area (Å²) in [5, 5.41) is 12.3. The van der Waals surface area contributed by atoms with Gasteiger partial charge in [0.15, 0.2) is 5.82 Å². The van der Waals surface area contributed by atoms with Gasteiger partial charge in [-0.15, -0.1) is 17.5 Å². The molecular formula is C17H26ClFN6. The van der Waals surface area contributed by atoms with E-state index >= 15 is 0 Å². The molecular weight excluding hydrogens is 343 g/mol. The molecule has 3 rings (SSSR count). The Morgan fingerprint density at radius 2 is 1.72 bits per heavy atom. The van der Waals surface area contributed by atoms with Gasteiger partial charge in [0.05, 0.1) is 5.54 Å². The summed E-state index contributed by atoms with van der Waals surface area (Å²) in [6, 6.07) is 6.64. The van der Waals surface area contributed by atoms with Crippen LogP contribution in [0, 0.1) is 5.82 Å². The molecule has 1 unspecified atom stereocenters. The lowest BCUT2D eigenvalue weighted by Crippen LogP contribution is -2.47. The van der Waals surface area contributed by atoms with Gasteiger partial charge in [-0.05, 0) is 44.3 Å². The molecule has 1 aromatic carbocycles. The highest BCUT2D eigenvalue weighted by Crippen LogP contribution is 2.31. The summed E-state index contributed by atoms with van der Waals surface area (Å²) in [6.07, 6.45) is 0. The molecule has 1 fully saturated rings. The molecule has 2 heterocycles. The predicted molar refractivity (Wildman–Crippen MR) is 97.4 cm³/mol. The van der Waals surface area contributed by atoms with Gasteiger partial charge in [0.25, 0.3) is 0 Å². The molecule has 0 amide bonds. The zero-order valence-corrected chi connectivity index (χ0v) is 16.0. The van der Waals surface area contributed by atoms with Crippen LogP contribution >= 0.6 is 12.4 Å². The van der Waals surface area contributed by atoms with E-state index in [1.54, 1.807) is 6.07 Å². The van der Waals surface area contributed by atoms with Crippen molar-refractivity contribution in [2.75, 3.05) is 33.2 Å². The van der Waals surface area contributed by atoms with Crippen LogP contribution in [0.1, 0.15) is 38.2 Å². The van der Waals surface area contributed by atoms with E-state index in [0.717, 1.165) is 26.2 Å². The van der Waals surface area contributed by atoms with Gasteiger partial charge in [0.1, 0.15) is 11.9 Å². The Morgan fingerprint density at radius 3 is 2.32 bits per heavy atom. The first-order valence-corrected chi connectivity index (χ1v) is 8.33. The minimum absolute atomic E-state index is 0. The molecule has 138 valence electrons. The zero-order chi connectivity index (χ0) is 17.3. The van der Waals surface area contributed by atoms with Crippen molar-refractivity contribution in [3.8, 4) is 0 Å². The molecule has 0 bridgehead atoms. The van der Waals surface area contributed by atoms with Crippen LogP contribution in [0.15, 0.2) is 24.3 Å². The van der Waals surface area contributed by atoms with Crippen molar-refractivity contribution < 1.29 is 4.39 Å². The maximum absolute atomic E-state index is 14.6. The second kappa shape index (κ2) is 7.76. The van der Waals surface area contributed by atoms with Gasteiger partial charge < -0.3 is 4.90 Å². The molecule has 0 spiro atoms. The van der Waals surface area contributed by atoms with Gasteiger partial charge >= 0.3 is 0 Å². The molecule has 1 aliphatic rings. The molecule has 6 nitrogen and oxygen atoms in total. The van der Waals surface area contributed by atoms with Crippen molar-refractivity contribution in [2.45, 2.75) is 32.4 Å². The standard InChI is InChI=1S/C17H25FN6.ClH/c1-17(2,3)24-16(19-20-21-24)15(13-7-5-6-8-14(13)18)23-11-9-22(4)10-12-23;/h5-8,15H,9-12H2,1-4H3;1H. The van der Waals surface area contributed by atoms with E-state index in [4.69, 9.17) is 0 Å². The molecule has 0 radical (unpaired) electrons. The van der Waals surface area contributed by atoms with E-state index in [9.17, 15) is 4.39 Å². The first kappa shape index (κ1) is 19.8. The largest absolute Gasteiger partial charge is 0.304 e. The predicted octanol–water partition coefficient (Wildman–Crippen LogP) is 2.33. The number of benzene rings is 1. The Hall–Kier alpha value is -1.57. The summed E-state index contributed by atoms with van der Waals surface area (Å²) < 4.78 is 16.4. The lowest BCUT2D eigenvalue weighted by atomic mass is 10.0. The quantitative estimate of drug-likeness (QED) is 0.832. The fourth-order valence-corrected chi connectivity index (χ4v) is 3.12. The Morgan fingerprint density at radius 1 is 1.08 bits per heavy atom. The average molecular weight is 369 g/mol. The summed E-state index contributed by atoms with van der Waals surface area (Å²) in [4.78, 5) is 4.55. The first-order valence-electron chi connectivity index (χ1n) is 8.33. The molecule has 1 aliphatic heterocycles. The zero-order valence-electron chi connectivity index (χ0n) is 15.2. The molecule has 25 heavy (non-hydrogen) atoms. The van der Waals surface area contributed by atoms with Crippen LogP contribution in [-0.4, -0.2) is 63.2 Å². The van der Waals surface area contributed by atoms with Crippen molar-refractivity contribution in [1.82, 2.24) is 30.0 Å². The number of tetrazole rings is 1. The van der Waals surface area contributed by atoms with Crippen LogP contribution < -0.4 is 0 Å². The highest BCUT2D eigenvalue weighted by Gasteiger charge is 2.34. The van der Waals surface area contributed by atoms with Crippen molar-refractivity contribution >= 4 is 12.4 Å². The van der Waals surface area contributed by atoms with Crippen molar-refractivity contribution in [1.29, 1.82) is 0 Å². The van der Waals surface area contributed by atoms with Gasteiger partial charge in [-0.2, -0.15) is 0 Å². The number of likely N-dealkylation sites (N-methyl/N-ethyl adjacent to an activating group) is 1. The molecule has 1 atom stereocenters. The smallest absolute Gasteiger partial charge is 0.173 e. The monoisotopic (exact) mass is 368 g/mol. The van der Waals surface area contributed by atoms with Crippen molar-refractivity contribution in [3.05, 3.63) is 41.5 Å². The fraction of sp³-hybridized carbons (Fsp3) is 0.588. The third kappa shape index (κ3) is 4.16. The van der Waals surface area contributed by atoms with Crippen LogP contribution in [0.25, 0.3) is 0 Å². The molecule has 0 N–H and O–H groups in total. The lowest BCUT2D eigenvalue weighted by Gasteiger charge is -2.38. The molecule has 1 saturated heterocycles. The fourth-order valence-electron chi connectivity index (χ4n) is 3.12. The lowest BCUT2D eigenvalue weighted by molar-refractivity contribution is 0.117. The average Bonchev–Trinajstić information content (AvgIpc) is 3.01. The molecule has 1 aromatic heterocycles. The van der Waals surface area contributed by atoms with Gasteiger partial charge in [0, 0.05) is 31.7 Å². The number of hydrogen-bond donors (Lipinski definition) is 0. The van der Waals surface area contributed by atoms with Gasteiger partial charge in [-0.1, -0.05) is 18.2 Å². The summed E-state index contributed by atoms with van der Waals surface area (Å²) in [6.45, 7) is 9.75. The molecule has 2 aromatic rings. The summed E-state index contributed by atoms with van der Waals surface area (Å²) in [5.74, 6) is 0.474. The number of rotatable bonds is 3. The first-order chi connectivity index (χ1) is 11.4. The minimum atomic E-state index is -0.283. The number of aromatic nitrogens is 4. The highest BCUT2D eigenvalue weighted by molar-refractivity contribution is 5.85. The second-order valence-corrected chi connectivity index (χ2v) is 7.38. The maximum atomic E-state index is 14.6. The van der Waals surface area contributed by atoms with Gasteiger partial charge in [-0.3, -0.25) is 4.90 Å². The van der Waals surface area contributed by atoms with Crippen LogP contribution in [0.5, 0.6) is 0 Å². The van der Waals surface area contributed by atoms with Gasteiger partial charge in [-0.25, -0.2) is 9.07 Å². The SMILES string of the molecule is CN1CCN(C(c2ccccc2F)c2nnnn2C(C)(C)C)CC1.Cl. The molecule has 8 heteroatoms. The Balaban J connectivity index is 0.00000225. The third-order valence-electron chi connectivity index (χ3n) is 4.48. The minimum Gasteiger partial charge on any atom is -0.304 e. The summed E-state index contributed by atoms with van der Waals surface area (Å²) in [7, 11) is 2.11. The van der Waals surface area contributed by atoms with Gasteiger partial charge in [0.2, 0.25) is 0 Å². The topological polar surface area (TPSA) is 50.1 Å². The third-order valence-corrected chi connectivity index (χ3v) is 4.48. The van der Waals surface area contributed by atoms with E-state index in [-0.39, 0.29) is 29.8 Å².